The minimum absolute atomic E-state index is 0.0841. The number of benzene rings is 1. The number of fused-ring (bicyclic) bond motifs is 1. The first-order valence-electron chi connectivity index (χ1n) is 15.0. The smallest absolute Gasteiger partial charge is 0.410 e. The van der Waals surface area contributed by atoms with Crippen LogP contribution in [0.4, 0.5) is 4.79 Å². The molecule has 0 spiro atoms. The highest BCUT2D eigenvalue weighted by molar-refractivity contribution is 5.90. The maximum Gasteiger partial charge on any atom is 0.410 e. The van der Waals surface area contributed by atoms with Crippen molar-refractivity contribution < 1.29 is 29.0 Å². The van der Waals surface area contributed by atoms with Gasteiger partial charge in [0.15, 0.2) is 6.10 Å². The lowest BCUT2D eigenvalue weighted by atomic mass is 9.81. The normalized spacial score (nSPS) is 22.8. The van der Waals surface area contributed by atoms with E-state index in [0.29, 0.717) is 25.9 Å². The van der Waals surface area contributed by atoms with Gasteiger partial charge in [-0.2, -0.15) is 0 Å². The van der Waals surface area contributed by atoms with Gasteiger partial charge in [-0.25, -0.2) is 4.79 Å². The Morgan fingerprint density at radius 1 is 1.12 bits per heavy atom. The summed E-state index contributed by atoms with van der Waals surface area (Å²) >= 11 is 0. The number of nitrogens with one attached hydrogen (secondary N) is 2. The van der Waals surface area contributed by atoms with Gasteiger partial charge in [-0.3, -0.25) is 14.4 Å². The second kappa shape index (κ2) is 12.8. The molecule has 5 atom stereocenters. The Morgan fingerprint density at radius 2 is 1.80 bits per heavy atom. The van der Waals surface area contributed by atoms with Gasteiger partial charge in [0.2, 0.25) is 11.8 Å². The van der Waals surface area contributed by atoms with Gasteiger partial charge in [-0.1, -0.05) is 65.3 Å². The number of carbonyl (C=O) groups excluding carboxylic acids is 4. The molecule has 1 aromatic rings. The van der Waals surface area contributed by atoms with Gasteiger partial charge in [0.05, 0.1) is 12.6 Å². The van der Waals surface area contributed by atoms with E-state index in [0.717, 1.165) is 24.8 Å². The molecule has 1 aliphatic carbocycles. The summed E-state index contributed by atoms with van der Waals surface area (Å²) in [6, 6.07) is 6.42. The molecular weight excluding hydrogens is 524 g/mol. The minimum Gasteiger partial charge on any atom is -0.444 e. The molecule has 0 bridgehead atoms. The second-order valence-corrected chi connectivity index (χ2v) is 12.9. The van der Waals surface area contributed by atoms with Crippen molar-refractivity contribution in [2.24, 2.45) is 11.3 Å². The number of aliphatic hydroxyl groups is 1. The summed E-state index contributed by atoms with van der Waals surface area (Å²) < 4.78 is 5.88. The summed E-state index contributed by atoms with van der Waals surface area (Å²) in [4.78, 5) is 56.2. The molecule has 3 aliphatic rings. The quantitative estimate of drug-likeness (QED) is 0.419. The standard InChI is InChI=1S/C31H46N4O6/c1-6-9-24(26(36)28(38)32-22-12-13-22)33-27(37)25-16-23(18-35(25)29(39)19(2)31(3,4)5)41-30(40)34-15-14-20-10-7-8-11-21(20)17-34/h7-8,10-11,19,22-26,36H,6,9,12-18H2,1-5H3,(H,32,38)(H,33,37)/t19-,23-,24?,25+,26?/m1/s1. The lowest BCUT2D eigenvalue weighted by Gasteiger charge is -2.33. The number of likely N-dealkylation sites (tertiary alicyclic amines) is 1. The average molecular weight is 571 g/mol. The van der Waals surface area contributed by atoms with Crippen molar-refractivity contribution >= 4 is 23.8 Å². The van der Waals surface area contributed by atoms with Gasteiger partial charge in [-0.15, -0.1) is 0 Å². The fourth-order valence-corrected chi connectivity index (χ4v) is 5.46. The number of amides is 4. The highest BCUT2D eigenvalue weighted by Crippen LogP contribution is 2.32. The third-order valence-electron chi connectivity index (χ3n) is 8.68. The molecule has 2 heterocycles. The average Bonchev–Trinajstić information content (AvgIpc) is 3.66. The van der Waals surface area contributed by atoms with Gasteiger partial charge < -0.3 is 30.3 Å². The number of nitrogens with zero attached hydrogens (tertiary/aromatic N) is 2. The van der Waals surface area contributed by atoms with Gasteiger partial charge in [0.25, 0.3) is 5.91 Å². The van der Waals surface area contributed by atoms with E-state index in [-0.39, 0.29) is 36.2 Å². The van der Waals surface area contributed by atoms with Crippen molar-refractivity contribution in [2.45, 2.75) is 110 Å². The Hall–Kier alpha value is -3.14. The third kappa shape index (κ3) is 7.58. The van der Waals surface area contributed by atoms with Gasteiger partial charge in [0.1, 0.15) is 12.1 Å². The third-order valence-corrected chi connectivity index (χ3v) is 8.68. The number of aliphatic hydroxyl groups excluding tert-OH is 1. The van der Waals surface area contributed by atoms with Crippen molar-refractivity contribution in [1.29, 1.82) is 0 Å². The van der Waals surface area contributed by atoms with E-state index >= 15 is 0 Å². The highest BCUT2D eigenvalue weighted by atomic mass is 16.6. The number of rotatable bonds is 9. The SMILES string of the molecule is CCCC(NC(=O)[C@@H]1C[C@@H](OC(=O)N2CCc3ccccc3C2)CN1C(=O)[C@@H](C)C(C)(C)C)C(O)C(=O)NC1CC1. The van der Waals surface area contributed by atoms with Crippen molar-refractivity contribution in [1.82, 2.24) is 20.4 Å². The van der Waals surface area contributed by atoms with Crippen molar-refractivity contribution in [3.8, 4) is 0 Å². The number of hydrogen-bond acceptors (Lipinski definition) is 6. The zero-order chi connectivity index (χ0) is 29.9. The predicted molar refractivity (Wildman–Crippen MR) is 154 cm³/mol. The summed E-state index contributed by atoms with van der Waals surface area (Å²) in [5.41, 5.74) is 1.97. The number of carbonyl (C=O) groups is 4. The van der Waals surface area contributed by atoms with Crippen LogP contribution in [-0.2, 0) is 32.1 Å². The van der Waals surface area contributed by atoms with Crippen LogP contribution < -0.4 is 10.6 Å². The fraction of sp³-hybridized carbons (Fsp3) is 0.677. The first-order valence-corrected chi connectivity index (χ1v) is 15.0. The molecule has 1 aromatic carbocycles. The zero-order valence-electron chi connectivity index (χ0n) is 25.0. The summed E-state index contributed by atoms with van der Waals surface area (Å²) in [5.74, 6) is -1.53. The van der Waals surface area contributed by atoms with E-state index in [1.165, 1.54) is 10.5 Å². The molecule has 3 N–H and O–H groups in total. The molecule has 0 radical (unpaired) electrons. The Kier molecular flexibility index (Phi) is 9.62. The summed E-state index contributed by atoms with van der Waals surface area (Å²) in [7, 11) is 0. The van der Waals surface area contributed by atoms with E-state index < -0.39 is 42.2 Å². The fourth-order valence-electron chi connectivity index (χ4n) is 5.46. The highest BCUT2D eigenvalue weighted by Gasteiger charge is 2.45. The molecule has 1 saturated heterocycles. The van der Waals surface area contributed by atoms with Crippen LogP contribution in [0.1, 0.15) is 77.8 Å². The van der Waals surface area contributed by atoms with Crippen LogP contribution >= 0.6 is 0 Å². The molecule has 2 fully saturated rings. The van der Waals surface area contributed by atoms with Crippen LogP contribution in [0.15, 0.2) is 24.3 Å². The topological polar surface area (TPSA) is 128 Å². The maximum absolute atomic E-state index is 13.7. The van der Waals surface area contributed by atoms with Crippen LogP contribution in [0.5, 0.6) is 0 Å². The Bertz CT molecular complexity index is 1130. The van der Waals surface area contributed by atoms with E-state index in [4.69, 9.17) is 4.74 Å². The van der Waals surface area contributed by atoms with Gasteiger partial charge >= 0.3 is 6.09 Å². The number of ether oxygens (including phenoxy) is 1. The summed E-state index contributed by atoms with van der Waals surface area (Å²) in [5, 5.41) is 16.4. The Balaban J connectivity index is 1.46. The largest absolute Gasteiger partial charge is 0.444 e. The van der Waals surface area contributed by atoms with Crippen LogP contribution in [0.2, 0.25) is 0 Å². The second-order valence-electron chi connectivity index (χ2n) is 12.9. The molecular formula is C31H46N4O6. The van der Waals surface area contributed by atoms with E-state index in [1.807, 2.05) is 52.8 Å². The lowest BCUT2D eigenvalue weighted by molar-refractivity contribution is -0.144. The molecule has 41 heavy (non-hydrogen) atoms. The van der Waals surface area contributed by atoms with Crippen LogP contribution in [-0.4, -0.2) is 82.1 Å². The molecule has 10 nitrogen and oxygen atoms in total. The minimum atomic E-state index is -1.39. The van der Waals surface area contributed by atoms with Gasteiger partial charge in [-0.05, 0) is 42.2 Å². The molecule has 2 unspecified atom stereocenters. The maximum atomic E-state index is 13.7. The van der Waals surface area contributed by atoms with E-state index in [1.54, 1.807) is 4.90 Å². The summed E-state index contributed by atoms with van der Waals surface area (Å²) in [6.07, 6.45) is 1.20. The van der Waals surface area contributed by atoms with Crippen LogP contribution in [0, 0.1) is 11.3 Å². The van der Waals surface area contributed by atoms with Gasteiger partial charge in [0, 0.05) is 31.5 Å². The molecule has 0 aromatic heterocycles. The number of hydrogen-bond donors (Lipinski definition) is 3. The predicted octanol–water partition coefficient (Wildman–Crippen LogP) is 2.76. The lowest BCUT2D eigenvalue weighted by Crippen LogP contribution is -2.56. The van der Waals surface area contributed by atoms with Crippen molar-refractivity contribution in [3.05, 3.63) is 35.4 Å². The monoisotopic (exact) mass is 570 g/mol. The van der Waals surface area contributed by atoms with E-state index in [2.05, 4.69) is 16.7 Å². The molecule has 226 valence electrons. The molecule has 4 amide bonds. The molecule has 10 heteroatoms. The molecule has 4 rings (SSSR count). The van der Waals surface area contributed by atoms with Crippen molar-refractivity contribution in [3.63, 3.8) is 0 Å². The van der Waals surface area contributed by atoms with Crippen LogP contribution in [0.3, 0.4) is 0 Å². The molecule has 1 saturated carbocycles. The Labute approximate surface area is 243 Å². The summed E-state index contributed by atoms with van der Waals surface area (Å²) in [6.45, 7) is 10.8. The first kappa shape index (κ1) is 30.8. The Morgan fingerprint density at radius 3 is 2.44 bits per heavy atom. The molecule has 2 aliphatic heterocycles. The zero-order valence-corrected chi connectivity index (χ0v) is 25.0. The van der Waals surface area contributed by atoms with Crippen molar-refractivity contribution in [2.75, 3.05) is 13.1 Å². The van der Waals surface area contributed by atoms with Crippen LogP contribution in [0.25, 0.3) is 0 Å². The van der Waals surface area contributed by atoms with E-state index in [9.17, 15) is 24.3 Å². The first-order chi connectivity index (χ1) is 19.4.